The molecule has 0 atom stereocenters. The highest BCUT2D eigenvalue weighted by Crippen LogP contribution is 2.37. The molecule has 0 bridgehead atoms. The maximum absolute atomic E-state index is 4.77. The fourth-order valence-electron chi connectivity index (χ4n) is 2.50. The van der Waals surface area contributed by atoms with Gasteiger partial charge in [-0.25, -0.2) is 14.6 Å². The third kappa shape index (κ3) is 2.67. The Morgan fingerprint density at radius 2 is 2.08 bits per heavy atom. The number of aromatic nitrogens is 8. The molecule has 4 rings (SSSR count). The molecule has 0 saturated heterocycles. The van der Waals surface area contributed by atoms with Crippen LogP contribution in [0.15, 0.2) is 12.4 Å². The Hall–Kier alpha value is -3.08. The molecule has 0 fully saturated rings. The van der Waals surface area contributed by atoms with Crippen LogP contribution in [0.5, 0.6) is 0 Å². The number of fused-ring (bicyclic) bond motifs is 1. The van der Waals surface area contributed by atoms with Gasteiger partial charge in [0, 0.05) is 25.6 Å². The summed E-state index contributed by atoms with van der Waals surface area (Å²) in [6, 6.07) is 0. The second-order valence-electron chi connectivity index (χ2n) is 6.87. The molecule has 0 amide bonds. The Morgan fingerprint density at radius 1 is 1.24 bits per heavy atom. The van der Waals surface area contributed by atoms with Gasteiger partial charge in [0.05, 0.1) is 12.7 Å². The molecule has 0 radical (unpaired) electrons. The predicted octanol–water partition coefficient (Wildman–Crippen LogP) is 0.785. The van der Waals surface area contributed by atoms with Gasteiger partial charge in [0.15, 0.2) is 11.6 Å². The lowest BCUT2D eigenvalue weighted by atomic mass is 9.95. The van der Waals surface area contributed by atoms with Crippen LogP contribution in [0.25, 0.3) is 11.3 Å². The number of nitrogens with one attached hydrogen (secondary N) is 3. The highest BCUT2D eigenvalue weighted by atomic mass is 15.7. The average molecular weight is 343 g/mol. The van der Waals surface area contributed by atoms with E-state index in [2.05, 4.69) is 57.5 Å². The van der Waals surface area contributed by atoms with E-state index in [0.717, 1.165) is 28.6 Å². The number of rotatable bonds is 3. The van der Waals surface area contributed by atoms with Crippen LogP contribution in [0.3, 0.4) is 0 Å². The molecular formula is C14H21N11. The standard InChI is InChI=1S/C14H19N11.H2/c1-14(2,3)13-17-10(8-5-15-16-6-8)11-12(18-13)25(22-20-11)7-9-19-21-23-24(9)4;/h5-6,20,22H,7H2,1-4H3,(H,15,16);1H. The van der Waals surface area contributed by atoms with E-state index in [-0.39, 0.29) is 6.84 Å². The molecule has 11 nitrogen and oxygen atoms in total. The van der Waals surface area contributed by atoms with Crippen molar-refractivity contribution in [2.45, 2.75) is 32.7 Å². The average Bonchev–Trinajstić information content (AvgIpc) is 3.29. The van der Waals surface area contributed by atoms with Crippen LogP contribution >= 0.6 is 0 Å². The lowest BCUT2D eigenvalue weighted by molar-refractivity contribution is 0.544. The van der Waals surface area contributed by atoms with Crippen LogP contribution in [0.4, 0.5) is 11.5 Å². The molecule has 132 valence electrons. The number of aryl methyl sites for hydroxylation is 1. The minimum absolute atomic E-state index is 0. The third-order valence-electron chi connectivity index (χ3n) is 3.91. The second-order valence-corrected chi connectivity index (χ2v) is 6.87. The van der Waals surface area contributed by atoms with Crippen molar-refractivity contribution >= 4 is 11.5 Å². The second kappa shape index (κ2) is 5.48. The summed E-state index contributed by atoms with van der Waals surface area (Å²) < 4.78 is 1.63. The Kier molecular flexibility index (Phi) is 3.39. The maximum Gasteiger partial charge on any atom is 0.173 e. The Labute approximate surface area is 145 Å². The van der Waals surface area contributed by atoms with E-state index in [1.54, 1.807) is 17.9 Å². The largest absolute Gasteiger partial charge is 0.298 e. The van der Waals surface area contributed by atoms with Crippen molar-refractivity contribution in [1.29, 1.82) is 0 Å². The first kappa shape index (κ1) is 15.4. The predicted molar refractivity (Wildman–Crippen MR) is 92.2 cm³/mol. The summed E-state index contributed by atoms with van der Waals surface area (Å²) in [6.07, 6.45) is 3.55. The Bertz CT molecular complexity index is 896. The van der Waals surface area contributed by atoms with E-state index < -0.39 is 0 Å². The molecule has 0 aromatic carbocycles. The Balaban J connectivity index is 0.00000196. The minimum atomic E-state index is -0.200. The number of hydrogen-bond donors (Lipinski definition) is 3. The number of nitrogens with zero attached hydrogens (tertiary/aromatic N) is 8. The summed E-state index contributed by atoms with van der Waals surface area (Å²) in [7, 11) is 1.80. The zero-order chi connectivity index (χ0) is 17.6. The number of tetrazole rings is 1. The van der Waals surface area contributed by atoms with Gasteiger partial charge in [0.2, 0.25) is 0 Å². The van der Waals surface area contributed by atoms with E-state index in [1.807, 2.05) is 11.2 Å². The van der Waals surface area contributed by atoms with Crippen LogP contribution in [-0.2, 0) is 19.0 Å². The molecule has 25 heavy (non-hydrogen) atoms. The van der Waals surface area contributed by atoms with Crippen molar-refractivity contribution in [2.75, 3.05) is 10.4 Å². The molecule has 11 heteroatoms. The van der Waals surface area contributed by atoms with Crippen molar-refractivity contribution < 1.29 is 1.43 Å². The van der Waals surface area contributed by atoms with Gasteiger partial charge in [-0.1, -0.05) is 20.8 Å². The summed E-state index contributed by atoms with van der Waals surface area (Å²) >= 11 is 0. The number of H-pyrrole nitrogens is 1. The summed E-state index contributed by atoms with van der Waals surface area (Å²) in [6.45, 7) is 6.71. The van der Waals surface area contributed by atoms with Gasteiger partial charge in [-0.2, -0.15) is 5.10 Å². The maximum atomic E-state index is 4.77. The molecule has 1 aliphatic heterocycles. The van der Waals surface area contributed by atoms with E-state index in [9.17, 15) is 0 Å². The lowest BCUT2D eigenvalue weighted by Gasteiger charge is -2.20. The number of aromatic amines is 1. The van der Waals surface area contributed by atoms with Crippen molar-refractivity contribution in [3.63, 3.8) is 0 Å². The van der Waals surface area contributed by atoms with E-state index in [1.165, 1.54) is 0 Å². The molecule has 0 saturated carbocycles. The molecular weight excluding hydrogens is 322 g/mol. The highest BCUT2D eigenvalue weighted by molar-refractivity contribution is 5.84. The quantitative estimate of drug-likeness (QED) is 0.632. The topological polar surface area (TPSA) is 125 Å². The number of anilines is 2. The minimum Gasteiger partial charge on any atom is -0.298 e. The van der Waals surface area contributed by atoms with Gasteiger partial charge >= 0.3 is 0 Å². The lowest BCUT2D eigenvalue weighted by Crippen LogP contribution is -2.36. The van der Waals surface area contributed by atoms with E-state index >= 15 is 0 Å². The van der Waals surface area contributed by atoms with Crippen LogP contribution in [0.2, 0.25) is 0 Å². The molecule has 4 heterocycles. The zero-order valence-electron chi connectivity index (χ0n) is 14.4. The van der Waals surface area contributed by atoms with E-state index in [4.69, 9.17) is 9.97 Å². The molecule has 1 aliphatic rings. The number of hydrazine groups is 2. The first-order valence-corrected chi connectivity index (χ1v) is 7.85. The van der Waals surface area contributed by atoms with Crippen LogP contribution in [0, 0.1) is 0 Å². The molecule has 0 unspecified atom stereocenters. The molecule has 3 aromatic heterocycles. The fraction of sp³-hybridized carbons (Fsp3) is 0.429. The van der Waals surface area contributed by atoms with Crippen LogP contribution in [0.1, 0.15) is 33.8 Å². The van der Waals surface area contributed by atoms with Crippen LogP contribution in [-0.4, -0.2) is 40.4 Å². The third-order valence-corrected chi connectivity index (χ3v) is 3.91. The van der Waals surface area contributed by atoms with Gasteiger partial charge in [-0.05, 0) is 10.4 Å². The highest BCUT2D eigenvalue weighted by Gasteiger charge is 2.30. The monoisotopic (exact) mass is 343 g/mol. The Morgan fingerprint density at radius 3 is 2.72 bits per heavy atom. The van der Waals surface area contributed by atoms with Crippen molar-refractivity contribution in [3.05, 3.63) is 24.0 Å². The molecule has 0 spiro atoms. The fourth-order valence-corrected chi connectivity index (χ4v) is 2.50. The van der Waals surface area contributed by atoms with Crippen molar-refractivity contribution in [1.82, 2.24) is 45.9 Å². The van der Waals surface area contributed by atoms with Gasteiger partial charge in [-0.15, -0.1) is 10.6 Å². The summed E-state index contributed by atoms with van der Waals surface area (Å²) in [4.78, 5) is 9.53. The smallest absolute Gasteiger partial charge is 0.173 e. The molecule has 0 aliphatic carbocycles. The first-order chi connectivity index (χ1) is 11.9. The van der Waals surface area contributed by atoms with Crippen molar-refractivity contribution in [2.24, 2.45) is 7.05 Å². The molecule has 3 N–H and O–H groups in total. The summed E-state index contributed by atoms with van der Waals surface area (Å²) in [5.74, 6) is 2.20. The zero-order valence-corrected chi connectivity index (χ0v) is 14.4. The summed E-state index contributed by atoms with van der Waals surface area (Å²) in [5, 5.41) is 20.3. The van der Waals surface area contributed by atoms with Gasteiger partial charge < -0.3 is 0 Å². The number of hydrogen-bond acceptors (Lipinski definition) is 9. The van der Waals surface area contributed by atoms with Crippen molar-refractivity contribution in [3.8, 4) is 11.3 Å². The van der Waals surface area contributed by atoms with Gasteiger partial charge in [0.25, 0.3) is 0 Å². The van der Waals surface area contributed by atoms with E-state index in [0.29, 0.717) is 12.4 Å². The van der Waals surface area contributed by atoms with Crippen LogP contribution < -0.4 is 16.0 Å². The SMILES string of the molecule is Cn1nnnc1CN1NNc2c(-c3cn[nH]c3)nc(C(C)(C)C)nc21.[HH]. The normalized spacial score (nSPS) is 13.8. The summed E-state index contributed by atoms with van der Waals surface area (Å²) in [5.41, 5.74) is 8.53. The van der Waals surface area contributed by atoms with Gasteiger partial charge in [-0.3, -0.25) is 15.5 Å². The molecule has 3 aromatic rings. The van der Waals surface area contributed by atoms with Gasteiger partial charge in [0.1, 0.15) is 17.2 Å². The first-order valence-electron chi connectivity index (χ1n) is 7.85.